The van der Waals surface area contributed by atoms with E-state index in [2.05, 4.69) is 38.2 Å². The molecule has 0 spiro atoms. The van der Waals surface area contributed by atoms with Crippen LogP contribution in [0.15, 0.2) is 24.3 Å². The average Bonchev–Trinajstić information content (AvgIpc) is 2.59. The molecule has 0 bridgehead atoms. The van der Waals surface area contributed by atoms with Crippen molar-refractivity contribution in [1.82, 2.24) is 0 Å². The van der Waals surface area contributed by atoms with Crippen LogP contribution in [0, 0.1) is 5.92 Å². The fraction of sp³-hybridized carbons (Fsp3) is 0.636. The molecule has 0 aromatic heterocycles. The Morgan fingerprint density at radius 1 is 1.08 bits per heavy atom. The summed E-state index contributed by atoms with van der Waals surface area (Å²) in [5.74, 6) is 0.757. The van der Waals surface area contributed by atoms with E-state index in [1.165, 1.54) is 24.9 Å². The Morgan fingerprint density at radius 2 is 1.62 bits per heavy atom. The number of allylic oxidation sites excluding steroid dienone is 4. The van der Waals surface area contributed by atoms with Gasteiger partial charge in [-0.1, -0.05) is 38.2 Å². The Hall–Kier alpha value is 0.429. The molecule has 0 aromatic carbocycles. The van der Waals surface area contributed by atoms with Gasteiger partial charge in [0.15, 0.2) is 0 Å². The standard InChI is InChI=1S/C11H19P.Cu/c1-3-12(4-2)10-9-11-7-5-6-8-11;/h5-8,11H,3-4,9-10H2,1-2H3;. The van der Waals surface area contributed by atoms with E-state index < -0.39 is 0 Å². The minimum atomic E-state index is 0. The molecular formula is C11H19CuP. The Labute approximate surface area is 94.1 Å². The minimum absolute atomic E-state index is 0. The van der Waals surface area contributed by atoms with Crippen molar-refractivity contribution in [2.24, 2.45) is 5.92 Å². The van der Waals surface area contributed by atoms with Crippen LogP contribution in [0.25, 0.3) is 0 Å². The van der Waals surface area contributed by atoms with Gasteiger partial charge in [0.1, 0.15) is 0 Å². The molecule has 0 N–H and O–H groups in total. The summed E-state index contributed by atoms with van der Waals surface area (Å²) in [4.78, 5) is 0. The van der Waals surface area contributed by atoms with Crippen molar-refractivity contribution in [1.29, 1.82) is 0 Å². The van der Waals surface area contributed by atoms with E-state index in [4.69, 9.17) is 0 Å². The fourth-order valence-electron chi connectivity index (χ4n) is 1.54. The van der Waals surface area contributed by atoms with E-state index in [9.17, 15) is 0 Å². The van der Waals surface area contributed by atoms with Crippen molar-refractivity contribution < 1.29 is 17.1 Å². The molecular weight excluding hydrogens is 227 g/mol. The summed E-state index contributed by atoms with van der Waals surface area (Å²) in [6, 6.07) is 0. The van der Waals surface area contributed by atoms with Crippen LogP contribution in [0.3, 0.4) is 0 Å². The SMILES string of the molecule is CCP(CC)CCC1C=CC=C1.[Cu]. The van der Waals surface area contributed by atoms with E-state index in [0.29, 0.717) is 7.92 Å². The van der Waals surface area contributed by atoms with Crippen LogP contribution in [-0.4, -0.2) is 18.5 Å². The molecule has 0 aromatic rings. The molecule has 1 rings (SSSR count). The summed E-state index contributed by atoms with van der Waals surface area (Å²) >= 11 is 0. The Kier molecular flexibility index (Phi) is 8.06. The second-order valence-corrected chi connectivity index (χ2v) is 6.30. The minimum Gasteiger partial charge on any atom is -0.107 e. The first-order chi connectivity index (χ1) is 5.86. The zero-order chi connectivity index (χ0) is 8.81. The van der Waals surface area contributed by atoms with Gasteiger partial charge in [0, 0.05) is 17.1 Å². The van der Waals surface area contributed by atoms with Gasteiger partial charge in [0.25, 0.3) is 0 Å². The molecule has 79 valence electrons. The summed E-state index contributed by atoms with van der Waals surface area (Å²) in [5.41, 5.74) is 0. The zero-order valence-electron chi connectivity index (χ0n) is 8.46. The molecule has 1 aliphatic rings. The number of hydrogen-bond donors (Lipinski definition) is 0. The van der Waals surface area contributed by atoms with Crippen LogP contribution in [-0.2, 0) is 17.1 Å². The first-order valence-corrected chi connectivity index (χ1v) is 6.84. The molecule has 0 aliphatic heterocycles. The third-order valence-corrected chi connectivity index (χ3v) is 5.18. The normalized spacial score (nSPS) is 15.3. The van der Waals surface area contributed by atoms with Crippen LogP contribution < -0.4 is 0 Å². The van der Waals surface area contributed by atoms with Crippen molar-refractivity contribution in [3.05, 3.63) is 24.3 Å². The maximum Gasteiger partial charge on any atom is 0 e. The predicted molar refractivity (Wildman–Crippen MR) is 59.3 cm³/mol. The zero-order valence-corrected chi connectivity index (χ0v) is 10.3. The predicted octanol–water partition coefficient (Wildman–Crippen LogP) is 3.64. The van der Waals surface area contributed by atoms with Crippen molar-refractivity contribution in [2.75, 3.05) is 18.5 Å². The first kappa shape index (κ1) is 13.4. The van der Waals surface area contributed by atoms with Gasteiger partial charge in [-0.2, -0.15) is 0 Å². The molecule has 13 heavy (non-hydrogen) atoms. The Morgan fingerprint density at radius 3 is 2.08 bits per heavy atom. The van der Waals surface area contributed by atoms with E-state index in [-0.39, 0.29) is 17.1 Å². The van der Waals surface area contributed by atoms with Gasteiger partial charge in [0.05, 0.1) is 0 Å². The largest absolute Gasteiger partial charge is 0.107 e. The molecule has 1 radical (unpaired) electrons. The smallest absolute Gasteiger partial charge is 0 e. The number of hydrogen-bond acceptors (Lipinski definition) is 0. The van der Waals surface area contributed by atoms with Gasteiger partial charge < -0.3 is 0 Å². The molecule has 0 fully saturated rings. The van der Waals surface area contributed by atoms with Crippen molar-refractivity contribution >= 4 is 7.92 Å². The molecule has 1 aliphatic carbocycles. The molecule has 0 amide bonds. The van der Waals surface area contributed by atoms with Crippen molar-refractivity contribution in [3.8, 4) is 0 Å². The number of rotatable bonds is 5. The van der Waals surface area contributed by atoms with Crippen LogP contribution in [0.1, 0.15) is 20.3 Å². The Bertz CT molecular complexity index is 159. The maximum absolute atomic E-state index is 2.33. The van der Waals surface area contributed by atoms with Gasteiger partial charge in [-0.25, -0.2) is 0 Å². The van der Waals surface area contributed by atoms with Crippen molar-refractivity contribution in [2.45, 2.75) is 20.3 Å². The van der Waals surface area contributed by atoms with Crippen LogP contribution in [0.2, 0.25) is 0 Å². The summed E-state index contributed by atoms with van der Waals surface area (Å²) in [5, 5.41) is 0. The summed E-state index contributed by atoms with van der Waals surface area (Å²) in [7, 11) is 0.360. The van der Waals surface area contributed by atoms with Gasteiger partial charge in [0.2, 0.25) is 0 Å². The summed E-state index contributed by atoms with van der Waals surface area (Å²) in [6.45, 7) is 4.66. The van der Waals surface area contributed by atoms with Crippen LogP contribution in [0.4, 0.5) is 0 Å². The van der Waals surface area contributed by atoms with Crippen LogP contribution >= 0.6 is 7.92 Å². The third-order valence-electron chi connectivity index (χ3n) is 2.50. The monoisotopic (exact) mass is 245 g/mol. The molecule has 0 nitrogen and oxygen atoms in total. The summed E-state index contributed by atoms with van der Waals surface area (Å²) < 4.78 is 0. The van der Waals surface area contributed by atoms with Gasteiger partial charge >= 0.3 is 0 Å². The fourth-order valence-corrected chi connectivity index (χ4v) is 3.28. The van der Waals surface area contributed by atoms with Crippen LogP contribution in [0.5, 0.6) is 0 Å². The van der Waals surface area contributed by atoms with E-state index in [1.807, 2.05) is 0 Å². The molecule has 0 saturated heterocycles. The van der Waals surface area contributed by atoms with Gasteiger partial charge in [-0.3, -0.25) is 0 Å². The molecule has 0 saturated carbocycles. The molecule has 0 unspecified atom stereocenters. The molecule has 0 atom stereocenters. The summed E-state index contributed by atoms with van der Waals surface area (Å²) in [6.07, 6.45) is 14.6. The molecule has 2 heteroatoms. The van der Waals surface area contributed by atoms with Gasteiger partial charge in [-0.15, -0.1) is 7.92 Å². The Balaban J connectivity index is 0.00000144. The second-order valence-electron chi connectivity index (χ2n) is 3.25. The van der Waals surface area contributed by atoms with E-state index >= 15 is 0 Å². The van der Waals surface area contributed by atoms with E-state index in [1.54, 1.807) is 0 Å². The maximum atomic E-state index is 2.33. The first-order valence-electron chi connectivity index (χ1n) is 4.94. The average molecular weight is 246 g/mol. The van der Waals surface area contributed by atoms with E-state index in [0.717, 1.165) is 5.92 Å². The second kappa shape index (κ2) is 7.80. The molecule has 0 heterocycles. The third kappa shape index (κ3) is 5.01. The quantitative estimate of drug-likeness (QED) is 0.513. The van der Waals surface area contributed by atoms with Gasteiger partial charge in [-0.05, 0) is 30.8 Å². The topological polar surface area (TPSA) is 0 Å². The van der Waals surface area contributed by atoms with Crippen molar-refractivity contribution in [3.63, 3.8) is 0 Å².